The van der Waals surface area contributed by atoms with Gasteiger partial charge in [0.1, 0.15) is 5.60 Å². The van der Waals surface area contributed by atoms with Crippen LogP contribution in [-0.2, 0) is 9.47 Å². The van der Waals surface area contributed by atoms with Crippen LogP contribution in [0.5, 0.6) is 0 Å². The molecule has 14 heteroatoms. The van der Waals surface area contributed by atoms with Crippen LogP contribution < -0.4 is 15.5 Å². The molecule has 2 saturated heterocycles. The third-order valence-electron chi connectivity index (χ3n) is 7.32. The van der Waals surface area contributed by atoms with Crippen LogP contribution in [0, 0.1) is 0 Å². The van der Waals surface area contributed by atoms with Gasteiger partial charge in [0, 0.05) is 50.5 Å². The molecule has 3 aromatic rings. The summed E-state index contributed by atoms with van der Waals surface area (Å²) in [5.41, 5.74) is 2.25. The summed E-state index contributed by atoms with van der Waals surface area (Å²) >= 11 is 0. The highest BCUT2D eigenvalue weighted by Crippen LogP contribution is 2.31. The first kappa shape index (κ1) is 30.4. The first-order valence-electron chi connectivity index (χ1n) is 14.8. The first-order chi connectivity index (χ1) is 20.6. The van der Waals surface area contributed by atoms with Crippen molar-refractivity contribution in [3.63, 3.8) is 0 Å². The van der Waals surface area contributed by atoms with Gasteiger partial charge in [-0.15, -0.1) is 5.10 Å². The molecule has 43 heavy (non-hydrogen) atoms. The number of carbonyl (C=O) groups excluding carboxylic acids is 2. The number of fused-ring (bicyclic) bond motifs is 1. The Morgan fingerprint density at radius 1 is 1.05 bits per heavy atom. The molecule has 0 unspecified atom stereocenters. The van der Waals surface area contributed by atoms with E-state index < -0.39 is 5.60 Å². The van der Waals surface area contributed by atoms with Crippen molar-refractivity contribution in [3.8, 4) is 11.4 Å². The second-order valence-corrected chi connectivity index (χ2v) is 12.1. The zero-order valence-corrected chi connectivity index (χ0v) is 25.7. The maximum absolute atomic E-state index is 12.6. The van der Waals surface area contributed by atoms with Gasteiger partial charge in [0.25, 0.3) is 0 Å². The molecule has 5 rings (SSSR count). The van der Waals surface area contributed by atoms with Crippen LogP contribution >= 0.6 is 0 Å². The van der Waals surface area contributed by atoms with Crippen molar-refractivity contribution >= 4 is 34.8 Å². The fourth-order valence-corrected chi connectivity index (χ4v) is 5.08. The maximum Gasteiger partial charge on any atom is 0.410 e. The third-order valence-corrected chi connectivity index (χ3v) is 7.32. The Bertz CT molecular complexity index is 1410. The Morgan fingerprint density at radius 2 is 1.74 bits per heavy atom. The molecule has 2 aliphatic heterocycles. The number of nitrogens with one attached hydrogen (secondary N) is 2. The lowest BCUT2D eigenvalue weighted by Gasteiger charge is -2.33. The van der Waals surface area contributed by atoms with Crippen LogP contribution in [0.3, 0.4) is 0 Å². The van der Waals surface area contributed by atoms with Crippen molar-refractivity contribution in [1.29, 1.82) is 0 Å². The van der Waals surface area contributed by atoms with Crippen molar-refractivity contribution in [3.05, 3.63) is 24.3 Å². The molecule has 0 saturated carbocycles. The van der Waals surface area contributed by atoms with E-state index in [0.29, 0.717) is 81.5 Å². The highest BCUT2D eigenvalue weighted by atomic mass is 16.6. The van der Waals surface area contributed by atoms with Gasteiger partial charge in [0.2, 0.25) is 0 Å². The smallest absolute Gasteiger partial charge is 0.410 e. The van der Waals surface area contributed by atoms with Gasteiger partial charge in [0.15, 0.2) is 22.8 Å². The number of morpholine rings is 1. The highest BCUT2D eigenvalue weighted by molar-refractivity contribution is 5.90. The van der Waals surface area contributed by atoms with E-state index in [9.17, 15) is 9.59 Å². The minimum atomic E-state index is -0.536. The number of amides is 3. The topological polar surface area (TPSA) is 143 Å². The lowest BCUT2D eigenvalue weighted by Crippen LogP contribution is -2.42. The van der Waals surface area contributed by atoms with Crippen LogP contribution in [-0.4, -0.2) is 119 Å². The predicted octanol–water partition coefficient (Wildman–Crippen LogP) is 2.98. The van der Waals surface area contributed by atoms with Crippen LogP contribution in [0.4, 0.5) is 21.1 Å². The lowest BCUT2D eigenvalue weighted by atomic mass is 10.1. The standard InChI is InChI=1S/C29H42N10O4/c1-29(2,3)43-28(41)38-13-10-22(11-14-38)39-26-23(34-35-39)25(37-16-18-42-19-17-37)32-24(33-26)20-6-8-21(9-7-20)31-27(40)30-12-15-36(4)5/h6-9,22H,10-19H2,1-5H3,(H2,30,31,40). The quantitative estimate of drug-likeness (QED) is 0.419. The van der Waals surface area contributed by atoms with Gasteiger partial charge in [-0.05, 0) is 72.0 Å². The number of likely N-dealkylation sites (N-methyl/N-ethyl adjacent to an activating group) is 1. The van der Waals surface area contributed by atoms with E-state index in [1.807, 2.05) is 68.7 Å². The van der Waals surface area contributed by atoms with E-state index in [0.717, 1.165) is 17.9 Å². The summed E-state index contributed by atoms with van der Waals surface area (Å²) in [7, 11) is 3.92. The number of hydrogen-bond donors (Lipinski definition) is 2. The Morgan fingerprint density at radius 3 is 2.40 bits per heavy atom. The SMILES string of the molecule is CN(C)CCNC(=O)Nc1ccc(-c2nc(N3CCOCC3)c3nnn(C4CCN(C(=O)OC(C)(C)C)CC4)c3n2)cc1. The molecule has 2 aliphatic rings. The first-order valence-corrected chi connectivity index (χ1v) is 14.8. The second kappa shape index (κ2) is 13.1. The average Bonchev–Trinajstić information content (AvgIpc) is 3.41. The van der Waals surface area contributed by atoms with Gasteiger partial charge in [0.05, 0.1) is 19.3 Å². The number of benzene rings is 1. The normalized spacial score (nSPS) is 16.5. The molecule has 3 amide bonds. The summed E-state index contributed by atoms with van der Waals surface area (Å²) in [5, 5.41) is 14.8. The van der Waals surface area contributed by atoms with Gasteiger partial charge in [-0.2, -0.15) is 0 Å². The average molecular weight is 595 g/mol. The molecule has 4 heterocycles. The molecule has 232 valence electrons. The number of hydrogen-bond acceptors (Lipinski definition) is 10. The number of carbonyl (C=O) groups is 2. The summed E-state index contributed by atoms with van der Waals surface area (Å²) in [5.74, 6) is 1.27. The summed E-state index contributed by atoms with van der Waals surface area (Å²) < 4.78 is 13.0. The largest absolute Gasteiger partial charge is 0.444 e. The number of likely N-dealkylation sites (tertiary alicyclic amines) is 1. The van der Waals surface area contributed by atoms with Crippen LogP contribution in [0.2, 0.25) is 0 Å². The highest BCUT2D eigenvalue weighted by Gasteiger charge is 2.30. The van der Waals surface area contributed by atoms with Gasteiger partial charge in [-0.25, -0.2) is 24.2 Å². The van der Waals surface area contributed by atoms with Gasteiger partial charge in [-0.3, -0.25) is 0 Å². The summed E-state index contributed by atoms with van der Waals surface area (Å²) in [4.78, 5) is 40.7. The van der Waals surface area contributed by atoms with Crippen molar-refractivity contribution in [2.45, 2.75) is 45.3 Å². The van der Waals surface area contributed by atoms with E-state index in [1.54, 1.807) is 4.90 Å². The molecule has 14 nitrogen and oxygen atoms in total. The van der Waals surface area contributed by atoms with E-state index in [2.05, 4.69) is 25.8 Å². The van der Waals surface area contributed by atoms with Crippen molar-refractivity contribution in [1.82, 2.24) is 40.1 Å². The van der Waals surface area contributed by atoms with Crippen molar-refractivity contribution < 1.29 is 19.1 Å². The molecular formula is C29H42N10O4. The van der Waals surface area contributed by atoms with E-state index in [-0.39, 0.29) is 18.2 Å². The number of rotatable bonds is 7. The number of aromatic nitrogens is 5. The Hall–Kier alpha value is -4.04. The molecule has 2 aromatic heterocycles. The monoisotopic (exact) mass is 594 g/mol. The Labute approximate surface area is 251 Å². The molecule has 0 radical (unpaired) electrons. The van der Waals surface area contributed by atoms with Crippen molar-refractivity contribution in [2.75, 3.05) is 76.8 Å². The van der Waals surface area contributed by atoms with E-state index in [4.69, 9.17) is 19.4 Å². The molecule has 0 bridgehead atoms. The molecule has 1 aromatic carbocycles. The predicted molar refractivity (Wildman–Crippen MR) is 163 cm³/mol. The molecule has 2 fully saturated rings. The Balaban J connectivity index is 1.37. The fourth-order valence-electron chi connectivity index (χ4n) is 5.08. The van der Waals surface area contributed by atoms with E-state index in [1.165, 1.54) is 0 Å². The summed E-state index contributed by atoms with van der Waals surface area (Å²) in [6.45, 7) is 10.6. The van der Waals surface area contributed by atoms with E-state index >= 15 is 0 Å². The zero-order valence-electron chi connectivity index (χ0n) is 25.7. The fraction of sp³-hybridized carbons (Fsp3) is 0.586. The minimum absolute atomic E-state index is 0.0292. The molecule has 0 aliphatic carbocycles. The summed E-state index contributed by atoms with van der Waals surface area (Å²) in [6.07, 6.45) is 1.12. The van der Waals surface area contributed by atoms with Crippen LogP contribution in [0.25, 0.3) is 22.6 Å². The lowest BCUT2D eigenvalue weighted by molar-refractivity contribution is 0.0185. The van der Waals surface area contributed by atoms with Crippen LogP contribution in [0.1, 0.15) is 39.7 Å². The summed E-state index contributed by atoms with van der Waals surface area (Å²) in [6, 6.07) is 7.24. The number of piperidine rings is 1. The molecular weight excluding hydrogens is 552 g/mol. The molecule has 2 N–H and O–H groups in total. The zero-order chi connectivity index (χ0) is 30.6. The number of ether oxygens (including phenoxy) is 2. The number of urea groups is 1. The van der Waals surface area contributed by atoms with Crippen LogP contribution in [0.15, 0.2) is 24.3 Å². The van der Waals surface area contributed by atoms with Gasteiger partial charge >= 0.3 is 12.1 Å². The van der Waals surface area contributed by atoms with Crippen molar-refractivity contribution in [2.24, 2.45) is 0 Å². The Kier molecular flexibility index (Phi) is 9.25. The molecule has 0 spiro atoms. The number of nitrogens with zero attached hydrogens (tertiary/aromatic N) is 8. The maximum atomic E-state index is 12.6. The molecule has 0 atom stereocenters. The van der Waals surface area contributed by atoms with Gasteiger partial charge in [-0.1, -0.05) is 5.21 Å². The van der Waals surface area contributed by atoms with Gasteiger partial charge < -0.3 is 34.8 Å². The minimum Gasteiger partial charge on any atom is -0.444 e. The second-order valence-electron chi connectivity index (χ2n) is 12.1. The third kappa shape index (κ3) is 7.68. The number of anilines is 2.